The SMILES string of the molecule is CCCOC(=O)c1ccc(NC(=O)COC(=O)c2cnccn2)cc1. The molecule has 0 radical (unpaired) electrons. The first kappa shape index (κ1) is 18.1. The van der Waals surface area contributed by atoms with E-state index in [9.17, 15) is 14.4 Å². The Balaban J connectivity index is 1.82. The maximum Gasteiger partial charge on any atom is 0.359 e. The Labute approximate surface area is 144 Å². The number of rotatable bonds is 7. The summed E-state index contributed by atoms with van der Waals surface area (Å²) >= 11 is 0. The number of nitrogens with zero attached hydrogens (tertiary/aromatic N) is 2. The fourth-order valence-electron chi connectivity index (χ4n) is 1.77. The third kappa shape index (κ3) is 5.69. The van der Waals surface area contributed by atoms with E-state index in [0.29, 0.717) is 17.9 Å². The third-order valence-electron chi connectivity index (χ3n) is 2.95. The van der Waals surface area contributed by atoms with E-state index in [4.69, 9.17) is 9.47 Å². The maximum atomic E-state index is 11.8. The molecular formula is C17H17N3O5. The molecule has 1 N–H and O–H groups in total. The van der Waals surface area contributed by atoms with Crippen molar-refractivity contribution < 1.29 is 23.9 Å². The van der Waals surface area contributed by atoms with E-state index in [0.717, 1.165) is 6.42 Å². The Morgan fingerprint density at radius 1 is 1.04 bits per heavy atom. The zero-order valence-electron chi connectivity index (χ0n) is 13.6. The molecule has 130 valence electrons. The standard InChI is InChI=1S/C17H17N3O5/c1-2-9-24-16(22)12-3-5-13(6-4-12)20-15(21)11-25-17(23)14-10-18-7-8-19-14/h3-8,10H,2,9,11H2,1H3,(H,20,21). The van der Waals surface area contributed by atoms with Crippen LogP contribution in [0.3, 0.4) is 0 Å². The summed E-state index contributed by atoms with van der Waals surface area (Å²) in [5.41, 5.74) is 0.873. The van der Waals surface area contributed by atoms with Gasteiger partial charge in [0.15, 0.2) is 12.3 Å². The topological polar surface area (TPSA) is 107 Å². The predicted molar refractivity (Wildman–Crippen MR) is 88.0 cm³/mol. The van der Waals surface area contributed by atoms with Crippen LogP contribution in [0, 0.1) is 0 Å². The maximum absolute atomic E-state index is 11.8. The molecule has 0 bridgehead atoms. The molecule has 1 aromatic carbocycles. The van der Waals surface area contributed by atoms with Crippen LogP contribution in [0.1, 0.15) is 34.2 Å². The molecule has 8 nitrogen and oxygen atoms in total. The predicted octanol–water partition coefficient (Wildman–Crippen LogP) is 1.84. The van der Waals surface area contributed by atoms with Gasteiger partial charge in [0.1, 0.15) is 0 Å². The minimum absolute atomic E-state index is 0.0187. The van der Waals surface area contributed by atoms with Gasteiger partial charge in [0, 0.05) is 18.1 Å². The van der Waals surface area contributed by atoms with Crippen LogP contribution in [0.4, 0.5) is 5.69 Å². The smallest absolute Gasteiger partial charge is 0.359 e. The molecule has 1 heterocycles. The van der Waals surface area contributed by atoms with Crippen molar-refractivity contribution in [1.29, 1.82) is 0 Å². The van der Waals surface area contributed by atoms with Crippen LogP contribution >= 0.6 is 0 Å². The number of esters is 2. The number of nitrogens with one attached hydrogen (secondary N) is 1. The second kappa shape index (κ2) is 9.11. The van der Waals surface area contributed by atoms with Gasteiger partial charge < -0.3 is 14.8 Å². The Kier molecular flexibility index (Phi) is 6.58. The summed E-state index contributed by atoms with van der Waals surface area (Å²) < 4.78 is 9.85. The molecule has 1 aromatic heterocycles. The van der Waals surface area contributed by atoms with E-state index < -0.39 is 24.5 Å². The highest BCUT2D eigenvalue weighted by atomic mass is 16.5. The van der Waals surface area contributed by atoms with E-state index in [1.54, 1.807) is 24.3 Å². The van der Waals surface area contributed by atoms with Gasteiger partial charge in [-0.3, -0.25) is 9.78 Å². The van der Waals surface area contributed by atoms with Crippen LogP contribution in [-0.2, 0) is 14.3 Å². The number of anilines is 1. The lowest BCUT2D eigenvalue weighted by Gasteiger charge is -2.07. The van der Waals surface area contributed by atoms with E-state index in [1.807, 2.05) is 6.92 Å². The summed E-state index contributed by atoms with van der Waals surface area (Å²) in [6.45, 7) is 1.80. The molecule has 2 rings (SSSR count). The van der Waals surface area contributed by atoms with Gasteiger partial charge in [0.25, 0.3) is 5.91 Å². The average molecular weight is 343 g/mol. The van der Waals surface area contributed by atoms with Crippen molar-refractivity contribution in [3.8, 4) is 0 Å². The molecule has 0 spiro atoms. The first-order valence-corrected chi connectivity index (χ1v) is 7.60. The Morgan fingerprint density at radius 3 is 2.44 bits per heavy atom. The molecule has 0 saturated heterocycles. The van der Waals surface area contributed by atoms with Crippen LogP contribution in [0.15, 0.2) is 42.9 Å². The number of hydrogen-bond donors (Lipinski definition) is 1. The van der Waals surface area contributed by atoms with Gasteiger partial charge in [-0.2, -0.15) is 0 Å². The normalized spacial score (nSPS) is 9.96. The van der Waals surface area contributed by atoms with Crippen LogP contribution < -0.4 is 5.32 Å². The largest absolute Gasteiger partial charge is 0.462 e. The minimum atomic E-state index is -0.739. The van der Waals surface area contributed by atoms with Gasteiger partial charge in [0.05, 0.1) is 18.4 Å². The fraction of sp³-hybridized carbons (Fsp3) is 0.235. The molecule has 25 heavy (non-hydrogen) atoms. The summed E-state index contributed by atoms with van der Waals surface area (Å²) in [5, 5.41) is 2.55. The van der Waals surface area contributed by atoms with Crippen LogP contribution in [0.2, 0.25) is 0 Å². The number of carbonyl (C=O) groups is 3. The van der Waals surface area contributed by atoms with Gasteiger partial charge in [-0.15, -0.1) is 0 Å². The van der Waals surface area contributed by atoms with E-state index >= 15 is 0 Å². The molecule has 0 aliphatic heterocycles. The van der Waals surface area contributed by atoms with Crippen molar-refractivity contribution in [3.63, 3.8) is 0 Å². The molecule has 0 unspecified atom stereocenters. The van der Waals surface area contributed by atoms with Gasteiger partial charge in [-0.1, -0.05) is 6.92 Å². The van der Waals surface area contributed by atoms with E-state index in [2.05, 4.69) is 15.3 Å². The van der Waals surface area contributed by atoms with Crippen LogP contribution in [0.5, 0.6) is 0 Å². The van der Waals surface area contributed by atoms with Gasteiger partial charge in [0.2, 0.25) is 0 Å². The van der Waals surface area contributed by atoms with Crippen LogP contribution in [0.25, 0.3) is 0 Å². The molecule has 0 aliphatic carbocycles. The fourth-order valence-corrected chi connectivity index (χ4v) is 1.77. The summed E-state index contributed by atoms with van der Waals surface area (Å²) in [6, 6.07) is 6.20. The molecule has 2 aromatic rings. The minimum Gasteiger partial charge on any atom is -0.462 e. The lowest BCUT2D eigenvalue weighted by atomic mass is 10.2. The molecule has 0 fully saturated rings. The molecule has 0 saturated carbocycles. The highest BCUT2D eigenvalue weighted by Crippen LogP contribution is 2.11. The first-order chi connectivity index (χ1) is 12.1. The monoisotopic (exact) mass is 343 g/mol. The number of hydrogen-bond acceptors (Lipinski definition) is 7. The Morgan fingerprint density at radius 2 is 1.80 bits per heavy atom. The van der Waals surface area contributed by atoms with Crippen molar-refractivity contribution >= 4 is 23.5 Å². The summed E-state index contributed by atoms with van der Waals surface area (Å²) in [5.74, 6) is -1.67. The van der Waals surface area contributed by atoms with Crippen molar-refractivity contribution in [2.24, 2.45) is 0 Å². The van der Waals surface area contributed by atoms with Crippen molar-refractivity contribution in [3.05, 3.63) is 54.1 Å². The quantitative estimate of drug-likeness (QED) is 0.764. The summed E-state index contributed by atoms with van der Waals surface area (Å²) in [6.07, 6.45) is 4.76. The number of carbonyl (C=O) groups excluding carboxylic acids is 3. The van der Waals surface area contributed by atoms with E-state index in [1.165, 1.54) is 18.6 Å². The Hall–Kier alpha value is -3.29. The van der Waals surface area contributed by atoms with Crippen molar-refractivity contribution in [1.82, 2.24) is 9.97 Å². The Bertz CT molecular complexity index is 732. The number of ether oxygens (including phenoxy) is 2. The summed E-state index contributed by atoms with van der Waals surface area (Å²) in [4.78, 5) is 42.6. The van der Waals surface area contributed by atoms with Gasteiger partial charge in [-0.05, 0) is 30.7 Å². The van der Waals surface area contributed by atoms with E-state index in [-0.39, 0.29) is 5.69 Å². The molecule has 1 amide bonds. The molecule has 8 heteroatoms. The second-order valence-corrected chi connectivity index (χ2v) is 4.93. The van der Waals surface area contributed by atoms with Crippen LogP contribution in [-0.4, -0.2) is 41.0 Å². The molecule has 0 aliphatic rings. The first-order valence-electron chi connectivity index (χ1n) is 7.60. The molecular weight excluding hydrogens is 326 g/mol. The average Bonchev–Trinajstić information content (AvgIpc) is 2.65. The van der Waals surface area contributed by atoms with Gasteiger partial charge in [-0.25, -0.2) is 14.6 Å². The number of benzene rings is 1. The molecule has 0 atom stereocenters. The summed E-state index contributed by atoms with van der Waals surface area (Å²) in [7, 11) is 0. The third-order valence-corrected chi connectivity index (χ3v) is 2.95. The van der Waals surface area contributed by atoms with Gasteiger partial charge >= 0.3 is 11.9 Å². The number of aromatic nitrogens is 2. The lowest BCUT2D eigenvalue weighted by Crippen LogP contribution is -2.21. The lowest BCUT2D eigenvalue weighted by molar-refractivity contribution is -0.119. The highest BCUT2D eigenvalue weighted by molar-refractivity contribution is 5.95. The van der Waals surface area contributed by atoms with Crippen molar-refractivity contribution in [2.45, 2.75) is 13.3 Å². The number of amides is 1. The zero-order chi connectivity index (χ0) is 18.1. The second-order valence-electron chi connectivity index (χ2n) is 4.93. The highest BCUT2D eigenvalue weighted by Gasteiger charge is 2.12. The van der Waals surface area contributed by atoms with Crippen molar-refractivity contribution in [2.75, 3.05) is 18.5 Å². The zero-order valence-corrected chi connectivity index (χ0v) is 13.6.